The fourth-order valence-electron chi connectivity index (χ4n) is 8.43. The molecule has 0 aliphatic carbocycles. The molecule has 12 rings (SSSR count). The highest BCUT2D eigenvalue weighted by atomic mass is 27.3. The van der Waals surface area contributed by atoms with E-state index in [1.165, 1.54) is 0 Å². The topological polar surface area (TPSA) is 133 Å². The molecule has 6 aromatic heterocycles. The Balaban J connectivity index is 0.000000155. The van der Waals surface area contributed by atoms with E-state index >= 15 is 0 Å². The molecule has 0 atom stereocenters. The molecule has 342 valence electrons. The van der Waals surface area contributed by atoms with Gasteiger partial charge in [-0.1, -0.05) is 91.0 Å². The first kappa shape index (κ1) is 45.1. The Morgan fingerprint density at radius 1 is 0.254 bits per heavy atom. The molecule has 6 heterocycles. The highest BCUT2D eigenvalue weighted by Crippen LogP contribution is 2.33. The molecule has 0 spiro atoms. The minimum absolute atomic E-state index is 0.608. The average Bonchev–Trinajstić information content (AvgIpc) is 3.40. The zero-order valence-electron chi connectivity index (χ0n) is 38.8. The summed E-state index contributed by atoms with van der Waals surface area (Å²) < 4.78 is 38.8. The highest BCUT2D eigenvalue weighted by molar-refractivity contribution is 6.41. The maximum absolute atomic E-state index is 6.53. The lowest BCUT2D eigenvalue weighted by molar-refractivity contribution is 0.310. The summed E-state index contributed by atoms with van der Waals surface area (Å²) in [6, 6.07) is 52.8. The average molecular weight is 961 g/mol. The molecule has 0 N–H and O–H groups in total. The molecule has 14 heteroatoms. The second-order valence-corrected chi connectivity index (χ2v) is 19.2. The molecule has 0 saturated carbocycles. The zero-order valence-corrected chi connectivity index (χ0v) is 41.1. The van der Waals surface area contributed by atoms with Gasteiger partial charge in [-0.05, 0) is 110 Å². The number of fused-ring (bicyclic) bond motifs is 6. The Kier molecular flexibility index (Phi) is 12.9. The van der Waals surface area contributed by atoms with Gasteiger partial charge >= 0.3 is 30.3 Å². The lowest BCUT2D eigenvalue weighted by atomic mass is 10.1. The van der Waals surface area contributed by atoms with Crippen molar-refractivity contribution in [2.24, 2.45) is 0 Å². The Morgan fingerprint density at radius 3 is 0.789 bits per heavy atom. The van der Waals surface area contributed by atoms with Crippen molar-refractivity contribution in [2.75, 3.05) is 0 Å². The number of benzene rings is 6. The van der Waals surface area contributed by atoms with Crippen LogP contribution in [0.3, 0.4) is 0 Å². The lowest BCUT2D eigenvalue weighted by Crippen LogP contribution is -2.37. The normalized spacial score (nSPS) is 11.0. The van der Waals surface area contributed by atoms with E-state index in [1.54, 1.807) is 37.2 Å². The zero-order chi connectivity index (χ0) is 48.1. The monoisotopic (exact) mass is 960 g/mol. The van der Waals surface area contributed by atoms with Crippen molar-refractivity contribution in [1.29, 1.82) is 0 Å². The summed E-state index contributed by atoms with van der Waals surface area (Å²) in [4.78, 5) is 27.3. The number of pyridine rings is 6. The van der Waals surface area contributed by atoms with E-state index in [9.17, 15) is 0 Å². The molecule has 0 aliphatic rings. The van der Waals surface area contributed by atoms with Gasteiger partial charge in [0, 0.05) is 69.5 Å². The highest BCUT2D eigenvalue weighted by Gasteiger charge is 2.47. The summed E-state index contributed by atoms with van der Waals surface area (Å²) in [6.45, 7) is 6.18. The molecule has 12 nitrogen and oxygen atoms in total. The number of aryl methyl sites for hydroxylation is 3. The van der Waals surface area contributed by atoms with Gasteiger partial charge in [-0.25, -0.2) is 0 Å². The number of nitrogens with zero attached hydrogens (tertiary/aromatic N) is 6. The Bertz CT molecular complexity index is 3490. The predicted molar refractivity (Wildman–Crippen MR) is 280 cm³/mol. The van der Waals surface area contributed by atoms with Gasteiger partial charge in [0.1, 0.15) is 67.6 Å². The van der Waals surface area contributed by atoms with Gasteiger partial charge in [0.05, 0.1) is 0 Å². The molecule has 0 unspecified atom stereocenters. The van der Waals surface area contributed by atoms with Gasteiger partial charge in [-0.3, -0.25) is 29.9 Å². The van der Waals surface area contributed by atoms with E-state index in [1.807, 2.05) is 164 Å². The van der Waals surface area contributed by atoms with Gasteiger partial charge in [0.15, 0.2) is 0 Å². The molecule has 0 amide bonds. The third-order valence-corrected chi connectivity index (χ3v) is 14.7. The third-order valence-electron chi connectivity index (χ3n) is 12.0. The molecule has 0 radical (unpaired) electrons. The molecule has 0 aliphatic heterocycles. The molecule has 6 aromatic carbocycles. The predicted octanol–water partition coefficient (Wildman–Crippen LogP) is 12.6. The first-order valence-electron chi connectivity index (χ1n) is 23.0. The van der Waals surface area contributed by atoms with Crippen LogP contribution in [-0.4, -0.2) is 60.2 Å². The van der Waals surface area contributed by atoms with E-state index in [-0.39, 0.29) is 0 Å². The summed E-state index contributed by atoms with van der Waals surface area (Å²) >= 11 is -5.76. The van der Waals surface area contributed by atoms with Crippen molar-refractivity contribution in [2.45, 2.75) is 20.8 Å². The maximum Gasteiger partial charge on any atom is 1.20 e. The van der Waals surface area contributed by atoms with E-state index in [2.05, 4.69) is 50.7 Å². The molecule has 0 saturated heterocycles. The van der Waals surface area contributed by atoms with E-state index in [4.69, 9.17) is 22.7 Å². The Morgan fingerprint density at radius 2 is 0.493 bits per heavy atom. The van der Waals surface area contributed by atoms with Crippen LogP contribution in [0.5, 0.6) is 34.5 Å². The van der Waals surface area contributed by atoms with Crippen molar-refractivity contribution in [3.8, 4) is 34.5 Å². The van der Waals surface area contributed by atoms with Gasteiger partial charge in [-0.2, -0.15) is 0 Å². The van der Waals surface area contributed by atoms with Crippen LogP contribution in [-0.2, 0) is 0 Å². The van der Waals surface area contributed by atoms with Crippen molar-refractivity contribution in [3.63, 3.8) is 0 Å². The molecule has 12 aromatic rings. The molecular formula is C57H42Al2N6O6. The largest absolute Gasteiger partial charge is 1.20 e. The maximum atomic E-state index is 6.53. The van der Waals surface area contributed by atoms with Gasteiger partial charge in [0.25, 0.3) is 0 Å². The summed E-state index contributed by atoms with van der Waals surface area (Å²) in [6.07, 6.45) is 10.6. The van der Waals surface area contributed by atoms with Crippen molar-refractivity contribution < 1.29 is 22.7 Å². The number of hydrogen-bond donors (Lipinski definition) is 0. The van der Waals surface area contributed by atoms with Gasteiger partial charge in [-0.15, -0.1) is 0 Å². The quantitative estimate of drug-likeness (QED) is 0.108. The van der Waals surface area contributed by atoms with E-state index in [0.29, 0.717) is 34.5 Å². The Hall–Kier alpha value is -8.36. The van der Waals surface area contributed by atoms with Gasteiger partial charge < -0.3 is 22.7 Å². The summed E-state index contributed by atoms with van der Waals surface area (Å²) in [5, 5.41) is 6.01. The fourth-order valence-corrected chi connectivity index (χ4v) is 11.1. The van der Waals surface area contributed by atoms with Crippen LogP contribution in [0.4, 0.5) is 0 Å². The third kappa shape index (κ3) is 9.66. The Labute approximate surface area is 418 Å². The standard InChI is InChI=1S/3C10H9NO.3C9H7NO.2Al/c3*1-7-5-6-11-10-8(7)3-2-4-9(10)12;3*11-8-5-1-3-7-4-2-6-10-9(7)8;;/h3*2-6,12H,1H3;3*1-6,11H;;/q;;;;;;2*+3/p-6. The SMILES string of the molecule is Cc1ccnc2c([O][Al]([O]c3cccc4c(C)ccnc34)[O]c3cccc4c(C)ccnc34)cccc12.c1cnc2c([O][Al]([O]c3cccc4cccnc34)[O]c3cccc4cccnc34)cccc2c1. The van der Waals surface area contributed by atoms with Crippen LogP contribution in [0.25, 0.3) is 65.4 Å². The smallest absolute Gasteiger partial charge is 0.576 e. The van der Waals surface area contributed by atoms with Crippen LogP contribution in [0.2, 0.25) is 0 Å². The van der Waals surface area contributed by atoms with E-state index in [0.717, 1.165) is 82.1 Å². The van der Waals surface area contributed by atoms with Crippen LogP contribution in [0, 0.1) is 20.8 Å². The fraction of sp³-hybridized carbons (Fsp3) is 0.0526. The second-order valence-electron chi connectivity index (χ2n) is 16.6. The second kappa shape index (κ2) is 20.3. The van der Waals surface area contributed by atoms with Crippen LogP contribution < -0.4 is 22.7 Å². The summed E-state index contributed by atoms with van der Waals surface area (Å²) in [7, 11) is 0. The van der Waals surface area contributed by atoms with Crippen molar-refractivity contribution in [1.82, 2.24) is 29.9 Å². The minimum atomic E-state index is -2.90. The number of para-hydroxylation sites is 6. The van der Waals surface area contributed by atoms with Crippen LogP contribution in [0.1, 0.15) is 16.7 Å². The lowest BCUT2D eigenvalue weighted by Gasteiger charge is -2.19. The number of rotatable bonds is 12. The summed E-state index contributed by atoms with van der Waals surface area (Å²) in [5.41, 5.74) is 7.93. The number of aromatic nitrogens is 6. The van der Waals surface area contributed by atoms with Gasteiger partial charge in [0.2, 0.25) is 0 Å². The van der Waals surface area contributed by atoms with Crippen LogP contribution in [0.15, 0.2) is 201 Å². The minimum Gasteiger partial charge on any atom is -0.576 e. The molecule has 71 heavy (non-hydrogen) atoms. The molecule has 0 fully saturated rings. The van der Waals surface area contributed by atoms with Crippen molar-refractivity contribution >= 4 is 95.7 Å². The van der Waals surface area contributed by atoms with E-state index < -0.39 is 30.3 Å². The van der Waals surface area contributed by atoms with Crippen molar-refractivity contribution in [3.05, 3.63) is 218 Å². The first-order valence-corrected chi connectivity index (χ1v) is 25.8. The summed E-state index contributed by atoms with van der Waals surface area (Å²) in [5.74, 6) is 3.67. The molecule has 0 bridgehead atoms. The first-order chi connectivity index (χ1) is 34.9. The van der Waals surface area contributed by atoms with Crippen LogP contribution >= 0.6 is 0 Å². The number of hydrogen-bond acceptors (Lipinski definition) is 12. The molecular weight excluding hydrogens is 919 g/mol.